The second kappa shape index (κ2) is 3.68. The zero-order valence-electron chi connectivity index (χ0n) is 7.34. The van der Waals surface area contributed by atoms with E-state index in [9.17, 15) is 4.39 Å². The minimum Gasteiger partial charge on any atom is -0.393 e. The molecule has 0 aliphatic carbocycles. The highest BCUT2D eigenvalue weighted by Crippen LogP contribution is 2.19. The van der Waals surface area contributed by atoms with Crippen LogP contribution in [0.3, 0.4) is 0 Å². The molecule has 1 nitrogen and oxygen atoms in total. The van der Waals surface area contributed by atoms with E-state index in [4.69, 9.17) is 5.11 Å². The third kappa shape index (κ3) is 2.05. The van der Waals surface area contributed by atoms with E-state index >= 15 is 0 Å². The van der Waals surface area contributed by atoms with Crippen LogP contribution in [0.5, 0.6) is 0 Å². The highest BCUT2D eigenvalue weighted by atomic mass is 19.1. The first kappa shape index (κ1) is 9.20. The predicted octanol–water partition coefficient (Wildman–Crippen LogP) is 2.31. The van der Waals surface area contributed by atoms with Crippen molar-refractivity contribution in [3.63, 3.8) is 0 Å². The summed E-state index contributed by atoms with van der Waals surface area (Å²) in [6, 6.07) is 5.50. The van der Waals surface area contributed by atoms with Crippen LogP contribution in [-0.2, 0) is 0 Å². The predicted molar refractivity (Wildman–Crippen MR) is 46.9 cm³/mol. The van der Waals surface area contributed by atoms with Gasteiger partial charge in [0.15, 0.2) is 0 Å². The summed E-state index contributed by atoms with van der Waals surface area (Å²) in [5.41, 5.74) is 2.62. The van der Waals surface area contributed by atoms with Gasteiger partial charge in [0.25, 0.3) is 0 Å². The second-order valence-electron chi connectivity index (χ2n) is 3.07. The molecule has 0 amide bonds. The SMILES string of the molecule is Cc1cc(C)cc(C(F)CO)c1. The molecule has 66 valence electrons. The Morgan fingerprint density at radius 3 is 2.17 bits per heavy atom. The summed E-state index contributed by atoms with van der Waals surface area (Å²) in [7, 11) is 0. The van der Waals surface area contributed by atoms with Crippen LogP contribution >= 0.6 is 0 Å². The van der Waals surface area contributed by atoms with Gasteiger partial charge in [-0.25, -0.2) is 4.39 Å². The molecule has 1 unspecified atom stereocenters. The molecule has 1 atom stereocenters. The summed E-state index contributed by atoms with van der Waals surface area (Å²) in [5.74, 6) is 0. The molecule has 0 aliphatic rings. The van der Waals surface area contributed by atoms with Gasteiger partial charge in [-0.1, -0.05) is 29.3 Å². The molecule has 0 aliphatic heterocycles. The molecular formula is C10H13FO. The zero-order chi connectivity index (χ0) is 9.14. The average molecular weight is 168 g/mol. The van der Waals surface area contributed by atoms with Crippen molar-refractivity contribution < 1.29 is 9.50 Å². The minimum absolute atomic E-state index is 0.442. The molecule has 0 bridgehead atoms. The van der Waals surface area contributed by atoms with E-state index in [0.717, 1.165) is 11.1 Å². The summed E-state index contributed by atoms with van der Waals surface area (Å²) in [4.78, 5) is 0. The molecule has 0 saturated carbocycles. The van der Waals surface area contributed by atoms with Gasteiger partial charge in [0, 0.05) is 0 Å². The van der Waals surface area contributed by atoms with Crippen molar-refractivity contribution in [2.24, 2.45) is 0 Å². The molecule has 1 N–H and O–H groups in total. The standard InChI is InChI=1S/C10H13FO/c1-7-3-8(2)5-9(4-7)10(11)6-12/h3-5,10,12H,6H2,1-2H3. The van der Waals surface area contributed by atoms with E-state index in [2.05, 4.69) is 0 Å². The van der Waals surface area contributed by atoms with Crippen molar-refractivity contribution in [2.45, 2.75) is 20.0 Å². The summed E-state index contributed by atoms with van der Waals surface area (Å²) in [5, 5.41) is 8.59. The van der Waals surface area contributed by atoms with Crippen molar-refractivity contribution >= 4 is 0 Å². The topological polar surface area (TPSA) is 20.2 Å². The third-order valence-electron chi connectivity index (χ3n) is 1.77. The van der Waals surface area contributed by atoms with Gasteiger partial charge in [0.2, 0.25) is 0 Å². The molecule has 0 heterocycles. The van der Waals surface area contributed by atoms with Crippen molar-refractivity contribution in [3.05, 3.63) is 34.9 Å². The molecule has 1 aromatic carbocycles. The maximum absolute atomic E-state index is 13.0. The molecule has 0 radical (unpaired) electrons. The highest BCUT2D eigenvalue weighted by Gasteiger charge is 2.07. The van der Waals surface area contributed by atoms with Gasteiger partial charge in [-0.15, -0.1) is 0 Å². The van der Waals surface area contributed by atoms with E-state index in [0.29, 0.717) is 5.56 Å². The number of alkyl halides is 1. The van der Waals surface area contributed by atoms with Crippen molar-refractivity contribution in [3.8, 4) is 0 Å². The van der Waals surface area contributed by atoms with Gasteiger partial charge in [0.05, 0.1) is 6.61 Å². The molecule has 2 heteroatoms. The van der Waals surface area contributed by atoms with Gasteiger partial charge in [-0.3, -0.25) is 0 Å². The molecule has 1 rings (SSSR count). The average Bonchev–Trinajstić information content (AvgIpc) is 2.01. The van der Waals surface area contributed by atoms with Crippen LogP contribution in [0.25, 0.3) is 0 Å². The number of aliphatic hydroxyl groups excluding tert-OH is 1. The lowest BCUT2D eigenvalue weighted by Gasteiger charge is -2.07. The number of aliphatic hydroxyl groups is 1. The van der Waals surface area contributed by atoms with Crippen molar-refractivity contribution in [1.82, 2.24) is 0 Å². The summed E-state index contributed by atoms with van der Waals surface area (Å²) < 4.78 is 13.0. The quantitative estimate of drug-likeness (QED) is 0.718. The van der Waals surface area contributed by atoms with Gasteiger partial charge < -0.3 is 5.11 Å². The van der Waals surface area contributed by atoms with Crippen LogP contribution < -0.4 is 0 Å². The van der Waals surface area contributed by atoms with Crippen LogP contribution in [-0.4, -0.2) is 11.7 Å². The minimum atomic E-state index is -1.25. The van der Waals surface area contributed by atoms with Gasteiger partial charge in [0.1, 0.15) is 6.17 Å². The fraction of sp³-hybridized carbons (Fsp3) is 0.400. The summed E-state index contributed by atoms with van der Waals surface area (Å²) in [6.45, 7) is 3.39. The van der Waals surface area contributed by atoms with E-state index in [-0.39, 0.29) is 0 Å². The second-order valence-corrected chi connectivity index (χ2v) is 3.07. The Morgan fingerprint density at radius 2 is 1.75 bits per heavy atom. The molecule has 0 spiro atoms. The lowest BCUT2D eigenvalue weighted by atomic mass is 10.0. The maximum atomic E-state index is 13.0. The normalized spacial score (nSPS) is 13.0. The Kier molecular flexibility index (Phi) is 2.82. The van der Waals surface area contributed by atoms with Crippen LogP contribution in [0.2, 0.25) is 0 Å². The Balaban J connectivity index is 3.00. The molecule has 1 aromatic rings. The number of hydrogen-bond donors (Lipinski definition) is 1. The van der Waals surface area contributed by atoms with Crippen LogP contribution in [0.15, 0.2) is 18.2 Å². The van der Waals surface area contributed by atoms with Crippen molar-refractivity contribution in [2.75, 3.05) is 6.61 Å². The summed E-state index contributed by atoms with van der Waals surface area (Å²) in [6.07, 6.45) is -1.25. The Labute approximate surface area is 71.9 Å². The lowest BCUT2D eigenvalue weighted by Crippen LogP contribution is -1.97. The van der Waals surface area contributed by atoms with Crippen LogP contribution in [0, 0.1) is 13.8 Å². The molecule has 0 aromatic heterocycles. The number of halogens is 1. The first-order chi connectivity index (χ1) is 5.63. The number of rotatable bonds is 2. The smallest absolute Gasteiger partial charge is 0.148 e. The monoisotopic (exact) mass is 168 g/mol. The largest absolute Gasteiger partial charge is 0.393 e. The van der Waals surface area contributed by atoms with Crippen LogP contribution in [0.1, 0.15) is 22.9 Å². The maximum Gasteiger partial charge on any atom is 0.148 e. The molecular weight excluding hydrogens is 155 g/mol. The highest BCUT2D eigenvalue weighted by molar-refractivity contribution is 5.29. The van der Waals surface area contributed by atoms with Crippen molar-refractivity contribution in [1.29, 1.82) is 0 Å². The van der Waals surface area contributed by atoms with E-state index in [1.54, 1.807) is 12.1 Å². The van der Waals surface area contributed by atoms with E-state index in [1.165, 1.54) is 0 Å². The van der Waals surface area contributed by atoms with Gasteiger partial charge >= 0.3 is 0 Å². The first-order valence-electron chi connectivity index (χ1n) is 3.96. The number of benzene rings is 1. The molecule has 0 fully saturated rings. The Bertz CT molecular complexity index is 250. The van der Waals surface area contributed by atoms with Gasteiger partial charge in [-0.05, 0) is 19.4 Å². The number of aryl methyl sites for hydroxylation is 2. The van der Waals surface area contributed by atoms with Crippen LogP contribution in [0.4, 0.5) is 4.39 Å². The summed E-state index contributed by atoms with van der Waals surface area (Å²) >= 11 is 0. The zero-order valence-corrected chi connectivity index (χ0v) is 7.34. The third-order valence-corrected chi connectivity index (χ3v) is 1.77. The Morgan fingerprint density at radius 1 is 1.25 bits per heavy atom. The molecule has 12 heavy (non-hydrogen) atoms. The van der Waals surface area contributed by atoms with E-state index < -0.39 is 12.8 Å². The fourth-order valence-electron chi connectivity index (χ4n) is 1.30. The Hall–Kier alpha value is -0.890. The molecule has 0 saturated heterocycles. The lowest BCUT2D eigenvalue weighted by molar-refractivity contribution is 0.180. The number of hydrogen-bond acceptors (Lipinski definition) is 1. The fourth-order valence-corrected chi connectivity index (χ4v) is 1.30. The van der Waals surface area contributed by atoms with Gasteiger partial charge in [-0.2, -0.15) is 0 Å². The van der Waals surface area contributed by atoms with E-state index in [1.807, 2.05) is 19.9 Å². The first-order valence-corrected chi connectivity index (χ1v) is 3.96.